The average Bonchev–Trinajstić information content (AvgIpc) is 2.68. The second-order valence-corrected chi connectivity index (χ2v) is 2.74. The molecule has 1 aliphatic heterocycles. The van der Waals surface area contributed by atoms with Crippen molar-refractivity contribution < 1.29 is 4.74 Å². The van der Waals surface area contributed by atoms with E-state index in [9.17, 15) is 0 Å². The Hall–Kier alpha value is -0.300. The van der Waals surface area contributed by atoms with Crippen molar-refractivity contribution in [2.45, 2.75) is 45.3 Å². The van der Waals surface area contributed by atoms with Crippen molar-refractivity contribution >= 4 is 0 Å². The molecule has 0 bridgehead atoms. The van der Waals surface area contributed by atoms with Crippen molar-refractivity contribution in [1.29, 1.82) is 0 Å². The molecule has 1 heteroatoms. The smallest absolute Gasteiger partial charge is 0.0876 e. The Balaban J connectivity index is 2.01. The summed E-state index contributed by atoms with van der Waals surface area (Å²) in [7, 11) is 0. The molecule has 1 saturated heterocycles. The van der Waals surface area contributed by atoms with Gasteiger partial charge in [0.15, 0.2) is 0 Å². The molecule has 1 fully saturated rings. The van der Waals surface area contributed by atoms with Crippen LogP contribution in [0.4, 0.5) is 0 Å². The third kappa shape index (κ3) is 2.14. The van der Waals surface area contributed by atoms with Gasteiger partial charge in [-0.15, -0.1) is 0 Å². The Morgan fingerprint density at radius 3 is 2.50 bits per heavy atom. The first-order valence-electron chi connectivity index (χ1n) is 4.19. The highest BCUT2D eigenvalue weighted by molar-refractivity contribution is 4.92. The van der Waals surface area contributed by atoms with Gasteiger partial charge in [-0.2, -0.15) is 0 Å². The van der Waals surface area contributed by atoms with Gasteiger partial charge in [-0.25, -0.2) is 0 Å². The third-order valence-electron chi connectivity index (χ3n) is 1.86. The Bertz CT molecular complexity index is 118. The Morgan fingerprint density at radius 2 is 2.00 bits per heavy atom. The maximum Gasteiger partial charge on any atom is 0.0876 e. The summed E-state index contributed by atoms with van der Waals surface area (Å²) in [6.07, 6.45) is 8.98. The molecule has 2 atom stereocenters. The Kier molecular flexibility index (Phi) is 2.94. The Morgan fingerprint density at radius 1 is 1.20 bits per heavy atom. The second-order valence-electron chi connectivity index (χ2n) is 2.74. The van der Waals surface area contributed by atoms with Crippen LogP contribution in [0.5, 0.6) is 0 Å². The van der Waals surface area contributed by atoms with E-state index in [4.69, 9.17) is 4.74 Å². The van der Waals surface area contributed by atoms with Crippen LogP contribution in [0.25, 0.3) is 0 Å². The molecular formula is C9H16O. The van der Waals surface area contributed by atoms with Gasteiger partial charge in [0.1, 0.15) is 0 Å². The highest BCUT2D eigenvalue weighted by Crippen LogP contribution is 2.27. The van der Waals surface area contributed by atoms with Crippen LogP contribution in [0.1, 0.15) is 33.1 Å². The summed E-state index contributed by atoms with van der Waals surface area (Å²) in [5.74, 6) is 0. The summed E-state index contributed by atoms with van der Waals surface area (Å²) in [5, 5.41) is 0. The molecule has 0 aromatic carbocycles. The highest BCUT2D eigenvalue weighted by atomic mass is 16.6. The van der Waals surface area contributed by atoms with Crippen LogP contribution in [-0.2, 0) is 4.74 Å². The van der Waals surface area contributed by atoms with E-state index in [0.717, 1.165) is 12.8 Å². The number of hydrogen-bond acceptors (Lipinski definition) is 1. The van der Waals surface area contributed by atoms with Crippen molar-refractivity contribution in [2.75, 3.05) is 0 Å². The minimum atomic E-state index is 0.549. The molecular weight excluding hydrogens is 124 g/mol. The maximum absolute atomic E-state index is 5.36. The van der Waals surface area contributed by atoms with E-state index in [0.29, 0.717) is 12.2 Å². The van der Waals surface area contributed by atoms with Crippen LogP contribution >= 0.6 is 0 Å². The van der Waals surface area contributed by atoms with E-state index >= 15 is 0 Å². The minimum absolute atomic E-state index is 0.549. The summed E-state index contributed by atoms with van der Waals surface area (Å²) in [5.41, 5.74) is 0. The number of hydrogen-bond donors (Lipinski definition) is 0. The zero-order chi connectivity index (χ0) is 7.40. The average molecular weight is 140 g/mol. The van der Waals surface area contributed by atoms with Crippen LogP contribution in [0.3, 0.4) is 0 Å². The fourth-order valence-corrected chi connectivity index (χ4v) is 1.14. The highest BCUT2D eigenvalue weighted by Gasteiger charge is 2.35. The molecule has 0 aliphatic carbocycles. The number of epoxide rings is 1. The van der Waals surface area contributed by atoms with Gasteiger partial charge < -0.3 is 4.74 Å². The topological polar surface area (TPSA) is 12.5 Å². The first-order chi connectivity index (χ1) is 4.88. The van der Waals surface area contributed by atoms with Gasteiger partial charge in [0.2, 0.25) is 0 Å². The van der Waals surface area contributed by atoms with Gasteiger partial charge >= 0.3 is 0 Å². The Labute approximate surface area is 63.1 Å². The van der Waals surface area contributed by atoms with Gasteiger partial charge in [0, 0.05) is 0 Å². The lowest BCUT2D eigenvalue weighted by Crippen LogP contribution is -1.88. The molecule has 0 spiro atoms. The van der Waals surface area contributed by atoms with Crippen molar-refractivity contribution in [3.8, 4) is 0 Å². The predicted molar refractivity (Wildman–Crippen MR) is 43.0 cm³/mol. The second kappa shape index (κ2) is 3.77. The summed E-state index contributed by atoms with van der Waals surface area (Å²) in [6.45, 7) is 4.33. The van der Waals surface area contributed by atoms with E-state index in [1.165, 1.54) is 6.42 Å². The van der Waals surface area contributed by atoms with Crippen LogP contribution in [-0.4, -0.2) is 12.2 Å². The lowest BCUT2D eigenvalue weighted by atomic mass is 10.2. The zero-order valence-corrected chi connectivity index (χ0v) is 6.84. The van der Waals surface area contributed by atoms with E-state index in [-0.39, 0.29) is 0 Å². The zero-order valence-electron chi connectivity index (χ0n) is 6.84. The molecule has 0 radical (unpaired) electrons. The van der Waals surface area contributed by atoms with E-state index in [1.807, 2.05) is 0 Å². The van der Waals surface area contributed by atoms with Crippen LogP contribution in [0.15, 0.2) is 12.2 Å². The largest absolute Gasteiger partial charge is 0.369 e. The maximum atomic E-state index is 5.36. The predicted octanol–water partition coefficient (Wildman–Crippen LogP) is 2.52. The molecule has 10 heavy (non-hydrogen) atoms. The van der Waals surface area contributed by atoms with Crippen LogP contribution < -0.4 is 0 Å². The van der Waals surface area contributed by atoms with Gasteiger partial charge in [-0.05, 0) is 19.3 Å². The van der Waals surface area contributed by atoms with E-state index < -0.39 is 0 Å². The quantitative estimate of drug-likeness (QED) is 0.432. The molecule has 1 nitrogen and oxygen atoms in total. The summed E-state index contributed by atoms with van der Waals surface area (Å²) >= 11 is 0. The first-order valence-corrected chi connectivity index (χ1v) is 4.19. The summed E-state index contributed by atoms with van der Waals surface area (Å²) in [6, 6.07) is 0. The monoisotopic (exact) mass is 140 g/mol. The van der Waals surface area contributed by atoms with Gasteiger partial charge in [-0.3, -0.25) is 0 Å². The molecule has 1 heterocycles. The molecule has 0 saturated carbocycles. The SMILES string of the molecule is CC/C=C\CC1OC1CC. The van der Waals surface area contributed by atoms with Gasteiger partial charge in [0.25, 0.3) is 0 Å². The van der Waals surface area contributed by atoms with Crippen LogP contribution in [0.2, 0.25) is 0 Å². The normalized spacial score (nSPS) is 31.4. The summed E-state index contributed by atoms with van der Waals surface area (Å²) in [4.78, 5) is 0. The molecule has 0 amide bonds. The van der Waals surface area contributed by atoms with E-state index in [1.54, 1.807) is 0 Å². The molecule has 58 valence electrons. The standard InChI is InChI=1S/C9H16O/c1-3-5-6-7-9-8(4-2)10-9/h5-6,8-9H,3-4,7H2,1-2H3/b6-5-. The molecule has 0 aromatic rings. The number of allylic oxidation sites excluding steroid dienone is 1. The molecule has 1 aliphatic rings. The van der Waals surface area contributed by atoms with Crippen molar-refractivity contribution in [3.63, 3.8) is 0 Å². The van der Waals surface area contributed by atoms with Crippen molar-refractivity contribution in [1.82, 2.24) is 0 Å². The molecule has 1 rings (SSSR count). The fraction of sp³-hybridized carbons (Fsp3) is 0.778. The third-order valence-corrected chi connectivity index (χ3v) is 1.86. The molecule has 0 N–H and O–H groups in total. The first kappa shape index (κ1) is 7.80. The minimum Gasteiger partial charge on any atom is -0.369 e. The van der Waals surface area contributed by atoms with Crippen LogP contribution in [0, 0.1) is 0 Å². The molecule has 0 aromatic heterocycles. The lowest BCUT2D eigenvalue weighted by molar-refractivity contribution is 0.367. The van der Waals surface area contributed by atoms with E-state index in [2.05, 4.69) is 26.0 Å². The molecule has 2 unspecified atom stereocenters. The number of rotatable bonds is 4. The number of ether oxygens (including phenoxy) is 1. The van der Waals surface area contributed by atoms with Crippen molar-refractivity contribution in [3.05, 3.63) is 12.2 Å². The van der Waals surface area contributed by atoms with Gasteiger partial charge in [0.05, 0.1) is 12.2 Å². The lowest BCUT2D eigenvalue weighted by Gasteiger charge is -1.83. The summed E-state index contributed by atoms with van der Waals surface area (Å²) < 4.78 is 5.36. The fourth-order valence-electron chi connectivity index (χ4n) is 1.14. The van der Waals surface area contributed by atoms with Crippen molar-refractivity contribution in [2.24, 2.45) is 0 Å². The van der Waals surface area contributed by atoms with Gasteiger partial charge in [-0.1, -0.05) is 26.0 Å².